The fraction of sp³-hybridized carbons (Fsp3) is 0.533. The Morgan fingerprint density at radius 1 is 1.30 bits per heavy atom. The number of halogens is 1. The molecule has 1 aliphatic rings. The first-order valence-corrected chi connectivity index (χ1v) is 8.06. The molecule has 1 unspecified atom stereocenters. The van der Waals surface area contributed by atoms with Crippen LogP contribution in [0.25, 0.3) is 11.0 Å². The molecular formula is C15H20ClN3S. The van der Waals surface area contributed by atoms with Crippen LogP contribution in [0.5, 0.6) is 0 Å². The summed E-state index contributed by atoms with van der Waals surface area (Å²) in [7, 11) is 0. The van der Waals surface area contributed by atoms with E-state index < -0.39 is 0 Å². The summed E-state index contributed by atoms with van der Waals surface area (Å²) in [6, 6.07) is 6.39. The Kier molecular flexibility index (Phi) is 4.15. The third-order valence-electron chi connectivity index (χ3n) is 4.20. The molecule has 108 valence electrons. The highest BCUT2D eigenvalue weighted by molar-refractivity contribution is 7.71. The predicted octanol–water partition coefficient (Wildman–Crippen LogP) is 4.23. The van der Waals surface area contributed by atoms with Crippen molar-refractivity contribution in [2.75, 3.05) is 13.1 Å². The first-order valence-electron chi connectivity index (χ1n) is 7.28. The van der Waals surface area contributed by atoms with Gasteiger partial charge in [-0.15, -0.1) is 0 Å². The zero-order valence-corrected chi connectivity index (χ0v) is 13.3. The first-order chi connectivity index (χ1) is 9.66. The van der Waals surface area contributed by atoms with Gasteiger partial charge in [0.1, 0.15) is 0 Å². The number of imidazole rings is 1. The van der Waals surface area contributed by atoms with E-state index in [0.717, 1.165) is 27.4 Å². The number of likely N-dealkylation sites (tertiary alicyclic amines) is 1. The summed E-state index contributed by atoms with van der Waals surface area (Å²) in [6.45, 7) is 5.57. The molecule has 3 rings (SSSR count). The Morgan fingerprint density at radius 2 is 2.05 bits per heavy atom. The summed E-state index contributed by atoms with van der Waals surface area (Å²) in [5.41, 5.74) is 2.05. The smallest absolute Gasteiger partial charge is 0.178 e. The molecule has 1 aromatic heterocycles. The van der Waals surface area contributed by atoms with E-state index in [1.165, 1.54) is 32.4 Å². The van der Waals surface area contributed by atoms with Crippen molar-refractivity contribution in [2.24, 2.45) is 0 Å². The summed E-state index contributed by atoms with van der Waals surface area (Å²) < 4.78 is 2.91. The Balaban J connectivity index is 1.90. The molecule has 2 aromatic rings. The lowest BCUT2D eigenvalue weighted by Crippen LogP contribution is -2.39. The van der Waals surface area contributed by atoms with E-state index in [0.29, 0.717) is 6.04 Å². The number of nitrogens with one attached hydrogen (secondary N) is 1. The van der Waals surface area contributed by atoms with Gasteiger partial charge in [-0.3, -0.25) is 4.90 Å². The number of para-hydroxylation sites is 1. The lowest BCUT2D eigenvalue weighted by atomic mass is 10.1. The van der Waals surface area contributed by atoms with Gasteiger partial charge in [-0.05, 0) is 57.2 Å². The van der Waals surface area contributed by atoms with E-state index in [-0.39, 0.29) is 0 Å². The maximum atomic E-state index is 6.34. The van der Waals surface area contributed by atoms with Crippen LogP contribution >= 0.6 is 23.8 Å². The number of fused-ring (bicyclic) bond motifs is 1. The monoisotopic (exact) mass is 309 g/mol. The number of H-pyrrole nitrogens is 1. The lowest BCUT2D eigenvalue weighted by molar-refractivity contribution is 0.160. The largest absolute Gasteiger partial charge is 0.331 e. The third-order valence-corrected chi connectivity index (χ3v) is 4.83. The Morgan fingerprint density at radius 3 is 2.80 bits per heavy atom. The summed E-state index contributed by atoms with van der Waals surface area (Å²) >= 11 is 11.8. The molecule has 1 saturated heterocycles. The minimum atomic E-state index is 0.484. The molecule has 5 heteroatoms. The van der Waals surface area contributed by atoms with E-state index in [1.54, 1.807) is 0 Å². The lowest BCUT2D eigenvalue weighted by Gasteiger charge is -2.32. The molecule has 0 bridgehead atoms. The van der Waals surface area contributed by atoms with E-state index in [4.69, 9.17) is 23.8 Å². The zero-order chi connectivity index (χ0) is 14.1. The second-order valence-corrected chi connectivity index (χ2v) is 6.42. The van der Waals surface area contributed by atoms with Crippen LogP contribution in [0, 0.1) is 4.77 Å². The first kappa shape index (κ1) is 14.1. The topological polar surface area (TPSA) is 24.0 Å². The van der Waals surface area contributed by atoms with Crippen molar-refractivity contribution in [3.05, 3.63) is 28.0 Å². The second-order valence-electron chi connectivity index (χ2n) is 5.62. The maximum Gasteiger partial charge on any atom is 0.178 e. The Hall–Kier alpha value is -0.840. The minimum absolute atomic E-state index is 0.484. The minimum Gasteiger partial charge on any atom is -0.331 e. The highest BCUT2D eigenvalue weighted by Crippen LogP contribution is 2.24. The van der Waals surface area contributed by atoms with Gasteiger partial charge in [0.05, 0.1) is 16.1 Å². The standard InChI is InChI=1S/C15H20ClN3S/c1-11(18-8-3-2-4-9-18)10-19-14-12(16)6-5-7-13(14)17-15(19)20/h5-7,11H,2-4,8-10H2,1H3,(H,17,20). The third kappa shape index (κ3) is 2.65. The fourth-order valence-electron chi connectivity index (χ4n) is 3.09. The number of aromatic nitrogens is 2. The summed E-state index contributed by atoms with van der Waals surface area (Å²) in [4.78, 5) is 5.81. The summed E-state index contributed by atoms with van der Waals surface area (Å²) in [5, 5.41) is 0.765. The molecule has 1 aromatic carbocycles. The van der Waals surface area contributed by atoms with Gasteiger partial charge in [0.2, 0.25) is 0 Å². The molecule has 1 aliphatic heterocycles. The van der Waals surface area contributed by atoms with E-state index in [9.17, 15) is 0 Å². The molecule has 2 heterocycles. The van der Waals surface area contributed by atoms with E-state index in [1.807, 2.05) is 18.2 Å². The molecule has 0 aliphatic carbocycles. The number of benzene rings is 1. The average molecular weight is 310 g/mol. The van der Waals surface area contributed by atoms with Gasteiger partial charge in [0.25, 0.3) is 0 Å². The maximum absolute atomic E-state index is 6.34. The number of hydrogen-bond acceptors (Lipinski definition) is 2. The van der Waals surface area contributed by atoms with Gasteiger partial charge in [-0.25, -0.2) is 0 Å². The van der Waals surface area contributed by atoms with Gasteiger partial charge in [-0.1, -0.05) is 24.1 Å². The van der Waals surface area contributed by atoms with Crippen LogP contribution < -0.4 is 0 Å². The highest BCUT2D eigenvalue weighted by Gasteiger charge is 2.18. The van der Waals surface area contributed by atoms with Crippen molar-refractivity contribution < 1.29 is 0 Å². The van der Waals surface area contributed by atoms with Crippen molar-refractivity contribution in [3.8, 4) is 0 Å². The zero-order valence-electron chi connectivity index (χ0n) is 11.7. The van der Waals surface area contributed by atoms with Crippen molar-refractivity contribution in [1.82, 2.24) is 14.5 Å². The molecular weight excluding hydrogens is 290 g/mol. The summed E-state index contributed by atoms with van der Waals surface area (Å²) in [6.07, 6.45) is 3.98. The van der Waals surface area contributed by atoms with Gasteiger partial charge in [-0.2, -0.15) is 0 Å². The van der Waals surface area contributed by atoms with Crippen LogP contribution in [0.3, 0.4) is 0 Å². The summed E-state index contributed by atoms with van der Waals surface area (Å²) in [5.74, 6) is 0. The molecule has 0 saturated carbocycles. The van der Waals surface area contributed by atoms with Gasteiger partial charge in [0, 0.05) is 12.6 Å². The van der Waals surface area contributed by atoms with Crippen molar-refractivity contribution in [3.63, 3.8) is 0 Å². The number of aromatic amines is 1. The van der Waals surface area contributed by atoms with Crippen LogP contribution in [0.1, 0.15) is 26.2 Å². The normalized spacial score (nSPS) is 18.5. The number of rotatable bonds is 3. The molecule has 1 N–H and O–H groups in total. The Bertz CT molecular complexity index is 655. The van der Waals surface area contributed by atoms with E-state index in [2.05, 4.69) is 21.4 Å². The van der Waals surface area contributed by atoms with Gasteiger partial charge in [0.15, 0.2) is 4.77 Å². The quantitative estimate of drug-likeness (QED) is 0.858. The highest BCUT2D eigenvalue weighted by atomic mass is 35.5. The fourth-order valence-corrected chi connectivity index (χ4v) is 3.64. The number of nitrogens with zero attached hydrogens (tertiary/aromatic N) is 2. The van der Waals surface area contributed by atoms with Gasteiger partial charge < -0.3 is 9.55 Å². The van der Waals surface area contributed by atoms with Crippen LogP contribution in [0.15, 0.2) is 18.2 Å². The molecule has 0 amide bonds. The number of hydrogen-bond donors (Lipinski definition) is 1. The Labute approximate surface area is 129 Å². The van der Waals surface area contributed by atoms with Crippen molar-refractivity contribution >= 4 is 34.9 Å². The van der Waals surface area contributed by atoms with Crippen LogP contribution in [-0.2, 0) is 6.54 Å². The van der Waals surface area contributed by atoms with E-state index >= 15 is 0 Å². The molecule has 0 spiro atoms. The molecule has 1 atom stereocenters. The van der Waals surface area contributed by atoms with Crippen LogP contribution in [0.4, 0.5) is 0 Å². The van der Waals surface area contributed by atoms with Gasteiger partial charge >= 0.3 is 0 Å². The molecule has 3 nitrogen and oxygen atoms in total. The van der Waals surface area contributed by atoms with Crippen molar-refractivity contribution in [2.45, 2.75) is 38.8 Å². The average Bonchev–Trinajstić information content (AvgIpc) is 2.77. The van der Waals surface area contributed by atoms with Crippen molar-refractivity contribution in [1.29, 1.82) is 0 Å². The SMILES string of the molecule is CC(Cn1c(=S)[nH]c2cccc(Cl)c21)N1CCCCC1. The number of piperidine rings is 1. The predicted molar refractivity (Wildman–Crippen MR) is 87.0 cm³/mol. The second kappa shape index (κ2) is 5.88. The van der Waals surface area contributed by atoms with Crippen LogP contribution in [-0.4, -0.2) is 33.6 Å². The molecule has 1 fully saturated rings. The molecule has 20 heavy (non-hydrogen) atoms. The van der Waals surface area contributed by atoms with Crippen LogP contribution in [0.2, 0.25) is 5.02 Å². The molecule has 0 radical (unpaired) electrons.